The third kappa shape index (κ3) is 5.82. The van der Waals surface area contributed by atoms with E-state index in [0.29, 0.717) is 38.5 Å². The van der Waals surface area contributed by atoms with E-state index < -0.39 is 40.6 Å². The molecule has 6 nitrogen and oxygen atoms in total. The molecule has 0 bridgehead atoms. The number of ether oxygens (including phenoxy) is 1. The van der Waals surface area contributed by atoms with Crippen molar-refractivity contribution in [2.75, 3.05) is 26.2 Å². The minimum Gasteiger partial charge on any atom is -0.444 e. The van der Waals surface area contributed by atoms with E-state index in [1.807, 2.05) is 6.92 Å². The van der Waals surface area contributed by atoms with Crippen molar-refractivity contribution < 1.29 is 37.0 Å². The topological polar surface area (TPSA) is 70.1 Å². The highest BCUT2D eigenvalue weighted by Crippen LogP contribution is 2.46. The standard InChI is InChI=1S/C30H36F4N2O4/c1-27(2,3)40-26(38)35-15-14-20(16-35)25(37)36-17-24(28(4,18-36)21-10-12-23(31)13-11-21)19-6-8-22(9-7-19)29(5,39)30(32,33)34/h6-13,20,24,39H,14-18H2,1-5H3/t20?,24-,28+,29?/m0/s1. The first kappa shape index (κ1) is 29.8. The lowest BCUT2D eigenvalue weighted by molar-refractivity contribution is -0.258. The molecular formula is C30H36F4N2O4. The molecule has 2 aromatic carbocycles. The van der Waals surface area contributed by atoms with Crippen molar-refractivity contribution in [3.63, 3.8) is 0 Å². The van der Waals surface area contributed by atoms with E-state index in [1.54, 1.807) is 49.9 Å². The maximum absolute atomic E-state index is 13.8. The Morgan fingerprint density at radius 1 is 0.950 bits per heavy atom. The van der Waals surface area contributed by atoms with E-state index in [1.165, 1.54) is 29.2 Å². The molecule has 2 unspecified atom stereocenters. The van der Waals surface area contributed by atoms with Gasteiger partial charge in [0.2, 0.25) is 5.91 Å². The normalized spacial score (nSPS) is 25.1. The monoisotopic (exact) mass is 564 g/mol. The van der Waals surface area contributed by atoms with Crippen LogP contribution in [-0.2, 0) is 20.5 Å². The molecule has 1 N–H and O–H groups in total. The second-order valence-electron chi connectivity index (χ2n) is 12.3. The first-order chi connectivity index (χ1) is 18.4. The van der Waals surface area contributed by atoms with Gasteiger partial charge >= 0.3 is 12.3 Å². The molecule has 0 aromatic heterocycles. The summed E-state index contributed by atoms with van der Waals surface area (Å²) in [6, 6.07) is 11.6. The molecule has 2 aliphatic rings. The molecule has 0 spiro atoms. The van der Waals surface area contributed by atoms with Crippen LogP contribution in [0.5, 0.6) is 0 Å². The predicted octanol–water partition coefficient (Wildman–Crippen LogP) is 5.74. The van der Waals surface area contributed by atoms with Gasteiger partial charge in [0, 0.05) is 37.5 Å². The van der Waals surface area contributed by atoms with Gasteiger partial charge in [0.15, 0.2) is 5.60 Å². The Kier molecular flexibility index (Phi) is 7.73. The Morgan fingerprint density at radius 2 is 1.55 bits per heavy atom. The molecule has 0 radical (unpaired) electrons. The van der Waals surface area contributed by atoms with E-state index in [-0.39, 0.29) is 23.9 Å². The minimum atomic E-state index is -4.85. The summed E-state index contributed by atoms with van der Waals surface area (Å²) in [4.78, 5) is 29.5. The summed E-state index contributed by atoms with van der Waals surface area (Å²) in [5.41, 5.74) is -3.12. The van der Waals surface area contributed by atoms with Gasteiger partial charge in [0.25, 0.3) is 0 Å². The first-order valence-electron chi connectivity index (χ1n) is 13.3. The van der Waals surface area contributed by atoms with Crippen molar-refractivity contribution in [2.45, 2.75) is 69.8 Å². The van der Waals surface area contributed by atoms with Crippen LogP contribution in [0.1, 0.15) is 63.6 Å². The second-order valence-corrected chi connectivity index (χ2v) is 12.3. The highest BCUT2D eigenvalue weighted by Gasteiger charge is 2.52. The summed E-state index contributed by atoms with van der Waals surface area (Å²) in [6.07, 6.45) is -4.82. The van der Waals surface area contributed by atoms with Crippen LogP contribution in [0.3, 0.4) is 0 Å². The van der Waals surface area contributed by atoms with Gasteiger partial charge in [-0.25, -0.2) is 9.18 Å². The molecule has 2 amide bonds. The van der Waals surface area contributed by atoms with Crippen molar-refractivity contribution in [1.82, 2.24) is 9.80 Å². The molecule has 2 aromatic rings. The number of nitrogens with zero attached hydrogens (tertiary/aromatic N) is 2. The molecular weight excluding hydrogens is 528 g/mol. The van der Waals surface area contributed by atoms with E-state index in [0.717, 1.165) is 5.56 Å². The third-order valence-corrected chi connectivity index (χ3v) is 8.12. The number of rotatable bonds is 4. The molecule has 4 atom stereocenters. The van der Waals surface area contributed by atoms with Crippen molar-refractivity contribution >= 4 is 12.0 Å². The zero-order valence-corrected chi connectivity index (χ0v) is 23.4. The van der Waals surface area contributed by atoms with Gasteiger partial charge < -0.3 is 19.6 Å². The van der Waals surface area contributed by atoms with Crippen molar-refractivity contribution in [3.8, 4) is 0 Å². The number of carbonyl (C=O) groups is 2. The maximum Gasteiger partial charge on any atom is 0.421 e. The van der Waals surface area contributed by atoms with Gasteiger partial charge in [-0.05, 0) is 62.9 Å². The lowest BCUT2D eigenvalue weighted by Crippen LogP contribution is -2.39. The van der Waals surface area contributed by atoms with Gasteiger partial charge in [0.05, 0.1) is 5.92 Å². The largest absolute Gasteiger partial charge is 0.444 e. The molecule has 10 heteroatoms. The predicted molar refractivity (Wildman–Crippen MR) is 141 cm³/mol. The Morgan fingerprint density at radius 3 is 2.10 bits per heavy atom. The highest BCUT2D eigenvalue weighted by atomic mass is 19.4. The van der Waals surface area contributed by atoms with Gasteiger partial charge in [0.1, 0.15) is 11.4 Å². The van der Waals surface area contributed by atoms with E-state index in [2.05, 4.69) is 0 Å². The number of amides is 2. The molecule has 2 saturated heterocycles. The zero-order chi connectivity index (χ0) is 29.7. The molecule has 2 heterocycles. The quantitative estimate of drug-likeness (QED) is 0.482. The van der Waals surface area contributed by atoms with Crippen LogP contribution in [0, 0.1) is 11.7 Å². The Labute approximate surface area is 231 Å². The van der Waals surface area contributed by atoms with Crippen molar-refractivity contribution in [1.29, 1.82) is 0 Å². The molecule has 2 fully saturated rings. The smallest absolute Gasteiger partial charge is 0.421 e. The zero-order valence-electron chi connectivity index (χ0n) is 23.4. The lowest BCUT2D eigenvalue weighted by Gasteiger charge is -2.32. The number of likely N-dealkylation sites (tertiary alicyclic amines) is 2. The molecule has 4 rings (SSSR count). The number of carbonyl (C=O) groups excluding carboxylic acids is 2. The van der Waals surface area contributed by atoms with Crippen LogP contribution < -0.4 is 0 Å². The summed E-state index contributed by atoms with van der Waals surface area (Å²) in [5.74, 6) is -1.23. The summed E-state index contributed by atoms with van der Waals surface area (Å²) in [5, 5.41) is 10.1. The fourth-order valence-corrected chi connectivity index (χ4v) is 5.67. The minimum absolute atomic E-state index is 0.112. The molecule has 2 aliphatic heterocycles. The Bertz CT molecular complexity index is 1240. The molecule has 40 heavy (non-hydrogen) atoms. The van der Waals surface area contributed by atoms with Gasteiger partial charge in [-0.2, -0.15) is 13.2 Å². The summed E-state index contributed by atoms with van der Waals surface area (Å²) >= 11 is 0. The average Bonchev–Trinajstić information content (AvgIpc) is 3.48. The highest BCUT2D eigenvalue weighted by molar-refractivity contribution is 5.81. The molecule has 0 saturated carbocycles. The fourth-order valence-electron chi connectivity index (χ4n) is 5.67. The third-order valence-electron chi connectivity index (χ3n) is 8.12. The van der Waals surface area contributed by atoms with E-state index in [9.17, 15) is 32.3 Å². The fraction of sp³-hybridized carbons (Fsp3) is 0.533. The van der Waals surface area contributed by atoms with E-state index in [4.69, 9.17) is 4.74 Å². The SMILES string of the molecule is CC(C)(C)OC(=O)N1CCC(C(=O)N2C[C@@H](c3ccc(C(C)(O)C(F)(F)F)cc3)[C@@](C)(c3ccc(F)cc3)C2)C1. The van der Waals surface area contributed by atoms with E-state index >= 15 is 0 Å². The molecule has 0 aliphatic carbocycles. The van der Waals surface area contributed by atoms with Gasteiger partial charge in [-0.3, -0.25) is 4.79 Å². The summed E-state index contributed by atoms with van der Waals surface area (Å²) in [6.45, 7) is 9.25. The van der Waals surface area contributed by atoms with Crippen molar-refractivity contribution in [3.05, 3.63) is 71.0 Å². The number of alkyl halides is 3. The van der Waals surface area contributed by atoms with Crippen molar-refractivity contribution in [2.24, 2.45) is 5.92 Å². The Hall–Kier alpha value is -3.14. The van der Waals surface area contributed by atoms with Crippen LogP contribution in [0.2, 0.25) is 0 Å². The summed E-state index contributed by atoms with van der Waals surface area (Å²) in [7, 11) is 0. The van der Waals surface area contributed by atoms with Gasteiger partial charge in [-0.15, -0.1) is 0 Å². The number of hydrogen-bond acceptors (Lipinski definition) is 4. The number of aliphatic hydroxyl groups is 1. The van der Waals surface area contributed by atoms with Crippen LogP contribution in [-0.4, -0.2) is 64.9 Å². The average molecular weight is 565 g/mol. The molecule has 218 valence electrons. The summed E-state index contributed by atoms with van der Waals surface area (Å²) < 4.78 is 59.4. The number of halogens is 4. The Balaban J connectivity index is 1.60. The number of hydrogen-bond donors (Lipinski definition) is 1. The van der Waals surface area contributed by atoms with Crippen LogP contribution >= 0.6 is 0 Å². The van der Waals surface area contributed by atoms with Crippen LogP contribution in [0.25, 0.3) is 0 Å². The van der Waals surface area contributed by atoms with Crippen LogP contribution in [0.15, 0.2) is 48.5 Å². The lowest BCUT2D eigenvalue weighted by atomic mass is 9.71. The first-order valence-corrected chi connectivity index (χ1v) is 13.3. The maximum atomic E-state index is 13.8. The second kappa shape index (κ2) is 10.4. The number of benzene rings is 2. The van der Waals surface area contributed by atoms with Gasteiger partial charge in [-0.1, -0.05) is 43.3 Å². The van der Waals surface area contributed by atoms with Crippen LogP contribution in [0.4, 0.5) is 22.4 Å².